The predicted molar refractivity (Wildman–Crippen MR) is 48.0 cm³/mol. The molecule has 0 aliphatic heterocycles. The minimum absolute atomic E-state index is 0.248. The lowest BCUT2D eigenvalue weighted by molar-refractivity contribution is 0.151. The Morgan fingerprint density at radius 2 is 2.21 bits per heavy atom. The number of hydrazine groups is 1. The van der Waals surface area contributed by atoms with E-state index in [-0.39, 0.29) is 16.3 Å². The molecular formula is C6H5F2N5S. The van der Waals surface area contributed by atoms with E-state index in [2.05, 4.69) is 20.4 Å². The number of hydrogen-bond donors (Lipinski definition) is 2. The number of hydrogen-bond acceptors (Lipinski definition) is 6. The number of nitrogens with one attached hydrogen (secondary N) is 1. The lowest BCUT2D eigenvalue weighted by atomic mass is 10.5. The molecule has 0 aliphatic rings. The van der Waals surface area contributed by atoms with E-state index in [1.807, 2.05) is 0 Å². The summed E-state index contributed by atoms with van der Waals surface area (Å²) >= 11 is 0.827. The minimum atomic E-state index is -2.60. The first-order valence-electron chi connectivity index (χ1n) is 3.58. The van der Waals surface area contributed by atoms with Gasteiger partial charge in [0.15, 0.2) is 10.8 Å². The van der Waals surface area contributed by atoms with E-state index in [9.17, 15) is 8.78 Å². The quantitative estimate of drug-likeness (QED) is 0.585. The zero-order chi connectivity index (χ0) is 10.1. The number of nitrogen functional groups attached to an aromatic ring is 1. The van der Waals surface area contributed by atoms with Gasteiger partial charge in [0.1, 0.15) is 16.7 Å². The Balaban J connectivity index is 2.64. The molecule has 0 saturated carbocycles. The molecule has 0 saturated heterocycles. The molecule has 0 bridgehead atoms. The highest BCUT2D eigenvalue weighted by molar-refractivity contribution is 7.18. The third-order valence-electron chi connectivity index (χ3n) is 1.54. The largest absolute Gasteiger partial charge is 0.307 e. The number of aromatic nitrogens is 3. The van der Waals surface area contributed by atoms with Crippen LogP contribution in [0.1, 0.15) is 11.4 Å². The number of anilines is 1. The van der Waals surface area contributed by atoms with Crippen molar-refractivity contribution in [2.24, 2.45) is 5.84 Å². The molecular weight excluding hydrogens is 212 g/mol. The molecule has 5 nitrogen and oxygen atoms in total. The first kappa shape index (κ1) is 9.16. The Morgan fingerprint density at radius 3 is 2.86 bits per heavy atom. The van der Waals surface area contributed by atoms with E-state index in [0.29, 0.717) is 4.83 Å². The van der Waals surface area contributed by atoms with Gasteiger partial charge >= 0.3 is 0 Å². The molecule has 0 aliphatic carbocycles. The summed E-state index contributed by atoms with van der Waals surface area (Å²) in [5.74, 6) is 5.39. The third kappa shape index (κ3) is 1.38. The number of thiazole rings is 1. The van der Waals surface area contributed by atoms with Gasteiger partial charge in [0.2, 0.25) is 0 Å². The summed E-state index contributed by atoms with van der Waals surface area (Å²) in [6.45, 7) is 0. The minimum Gasteiger partial charge on any atom is -0.307 e. The van der Waals surface area contributed by atoms with Crippen molar-refractivity contribution in [3.63, 3.8) is 0 Å². The highest BCUT2D eigenvalue weighted by Crippen LogP contribution is 2.29. The van der Waals surface area contributed by atoms with Gasteiger partial charge in [0.05, 0.1) is 0 Å². The van der Waals surface area contributed by atoms with Crippen molar-refractivity contribution in [2.75, 3.05) is 5.43 Å². The van der Waals surface area contributed by atoms with Gasteiger partial charge in [-0.25, -0.2) is 29.6 Å². The van der Waals surface area contributed by atoms with E-state index < -0.39 is 6.43 Å². The fraction of sp³-hybridized carbons (Fsp3) is 0.167. The number of fused-ring (bicyclic) bond motifs is 1. The molecule has 2 aromatic rings. The number of alkyl halides is 2. The zero-order valence-corrected chi connectivity index (χ0v) is 7.55. The first-order chi connectivity index (χ1) is 6.72. The van der Waals surface area contributed by atoms with Crippen LogP contribution in [-0.4, -0.2) is 15.0 Å². The average Bonchev–Trinajstić information content (AvgIpc) is 2.60. The molecule has 0 aromatic carbocycles. The van der Waals surface area contributed by atoms with Gasteiger partial charge in [-0.2, -0.15) is 0 Å². The molecule has 0 spiro atoms. The summed E-state index contributed by atoms with van der Waals surface area (Å²) < 4.78 is 24.6. The summed E-state index contributed by atoms with van der Waals surface area (Å²) in [4.78, 5) is 11.6. The smallest absolute Gasteiger partial charge is 0.289 e. The molecule has 0 atom stereocenters. The molecule has 2 aromatic heterocycles. The van der Waals surface area contributed by atoms with Crippen LogP contribution in [-0.2, 0) is 0 Å². The molecule has 0 fully saturated rings. The lowest BCUT2D eigenvalue weighted by Crippen LogP contribution is -2.09. The van der Waals surface area contributed by atoms with Crippen LogP contribution < -0.4 is 11.3 Å². The molecule has 0 amide bonds. The van der Waals surface area contributed by atoms with Crippen molar-refractivity contribution in [2.45, 2.75) is 6.43 Å². The fourth-order valence-corrected chi connectivity index (χ4v) is 1.73. The van der Waals surface area contributed by atoms with Gasteiger partial charge in [-0.15, -0.1) is 0 Å². The van der Waals surface area contributed by atoms with Gasteiger partial charge < -0.3 is 5.43 Å². The van der Waals surface area contributed by atoms with E-state index in [0.717, 1.165) is 11.3 Å². The zero-order valence-electron chi connectivity index (χ0n) is 6.74. The van der Waals surface area contributed by atoms with E-state index in [1.54, 1.807) is 0 Å². The monoisotopic (exact) mass is 217 g/mol. The van der Waals surface area contributed by atoms with Crippen molar-refractivity contribution >= 4 is 27.5 Å². The van der Waals surface area contributed by atoms with Crippen LogP contribution in [0.2, 0.25) is 0 Å². The van der Waals surface area contributed by atoms with Crippen LogP contribution in [0.4, 0.5) is 14.6 Å². The first-order valence-corrected chi connectivity index (χ1v) is 4.40. The van der Waals surface area contributed by atoms with E-state index in [4.69, 9.17) is 5.84 Å². The highest BCUT2D eigenvalue weighted by Gasteiger charge is 2.16. The van der Waals surface area contributed by atoms with Crippen LogP contribution in [0.3, 0.4) is 0 Å². The molecule has 2 rings (SSSR count). The maximum Gasteiger partial charge on any atom is 0.289 e. The number of nitrogens with zero attached hydrogens (tertiary/aromatic N) is 3. The molecule has 0 radical (unpaired) electrons. The second-order valence-corrected chi connectivity index (χ2v) is 3.38. The highest BCUT2D eigenvalue weighted by atomic mass is 32.1. The Kier molecular flexibility index (Phi) is 2.22. The molecule has 14 heavy (non-hydrogen) atoms. The summed E-state index contributed by atoms with van der Waals surface area (Å²) in [6, 6.07) is 0. The lowest BCUT2D eigenvalue weighted by Gasteiger charge is -1.96. The topological polar surface area (TPSA) is 76.7 Å². The van der Waals surface area contributed by atoms with Crippen LogP contribution in [0.5, 0.6) is 0 Å². The van der Waals surface area contributed by atoms with Gasteiger partial charge in [-0.05, 0) is 0 Å². The number of rotatable bonds is 2. The Morgan fingerprint density at radius 1 is 1.43 bits per heavy atom. The summed E-state index contributed by atoms with van der Waals surface area (Å²) in [5.41, 5.74) is 2.54. The Bertz CT molecular complexity index is 456. The van der Waals surface area contributed by atoms with Gasteiger partial charge in [0.25, 0.3) is 6.43 Å². The Hall–Kier alpha value is -1.41. The van der Waals surface area contributed by atoms with Gasteiger partial charge in [-0.3, -0.25) is 0 Å². The molecule has 0 unspecified atom stereocenters. The van der Waals surface area contributed by atoms with Gasteiger partial charge in [-0.1, -0.05) is 11.3 Å². The molecule has 2 heterocycles. The maximum atomic E-state index is 12.3. The van der Waals surface area contributed by atoms with Crippen molar-refractivity contribution in [1.82, 2.24) is 15.0 Å². The van der Waals surface area contributed by atoms with Crippen molar-refractivity contribution in [3.8, 4) is 0 Å². The second kappa shape index (κ2) is 3.39. The van der Waals surface area contributed by atoms with Crippen molar-refractivity contribution in [1.29, 1.82) is 0 Å². The van der Waals surface area contributed by atoms with Crippen LogP contribution >= 0.6 is 11.3 Å². The fourth-order valence-electron chi connectivity index (χ4n) is 0.969. The van der Waals surface area contributed by atoms with Crippen LogP contribution in [0.15, 0.2) is 6.33 Å². The van der Waals surface area contributed by atoms with E-state index in [1.165, 1.54) is 6.33 Å². The number of halogens is 2. The molecule has 3 N–H and O–H groups in total. The average molecular weight is 217 g/mol. The number of nitrogens with two attached hydrogens (primary N) is 1. The normalized spacial score (nSPS) is 11.1. The summed E-state index contributed by atoms with van der Waals surface area (Å²) in [7, 11) is 0. The van der Waals surface area contributed by atoms with Crippen LogP contribution in [0, 0.1) is 0 Å². The molecule has 8 heteroatoms. The molecule has 74 valence electrons. The van der Waals surface area contributed by atoms with Crippen LogP contribution in [0.25, 0.3) is 10.3 Å². The SMILES string of the molecule is NNc1ncnc2sc(C(F)F)nc12. The maximum absolute atomic E-state index is 12.3. The van der Waals surface area contributed by atoms with Crippen molar-refractivity contribution in [3.05, 3.63) is 11.3 Å². The van der Waals surface area contributed by atoms with Gasteiger partial charge in [0, 0.05) is 0 Å². The Labute approximate surface area is 81.0 Å². The second-order valence-electron chi connectivity index (χ2n) is 2.37. The van der Waals surface area contributed by atoms with E-state index >= 15 is 0 Å². The summed E-state index contributed by atoms with van der Waals surface area (Å²) in [6.07, 6.45) is -1.36. The third-order valence-corrected chi connectivity index (χ3v) is 2.51. The standard InChI is InChI=1S/C6H5F2N5S/c7-3(8)6-12-2-4(13-9)10-1-11-5(2)14-6/h1,3H,9H2,(H,10,11,13). The predicted octanol–water partition coefficient (Wildman–Crippen LogP) is 1.31. The van der Waals surface area contributed by atoms with Crippen molar-refractivity contribution < 1.29 is 8.78 Å². The summed E-state index contributed by atoms with van der Waals surface area (Å²) in [5, 5.41) is -0.281.